The van der Waals surface area contributed by atoms with Gasteiger partial charge in [-0.15, -0.1) is 0 Å². The highest BCUT2D eigenvalue weighted by Gasteiger charge is 2.50. The summed E-state index contributed by atoms with van der Waals surface area (Å²) in [5, 5.41) is 39.3. The third-order valence-corrected chi connectivity index (χ3v) is 10.9. The number of benzene rings is 4. The summed E-state index contributed by atoms with van der Waals surface area (Å²) in [6.45, 7) is 0.701. The fourth-order valence-electron chi connectivity index (χ4n) is 8.58. The SMILES string of the molecule is CNCOC1(CNC)Cc2c3c(c4c(c2OC1c1ccc(O)c(OC)c1)CCC(CO)O4)-c1ccc(O)cc1C(Cc1ccc2[nH]ccc2c1)C3. The molecule has 3 heterocycles. The van der Waals surface area contributed by atoms with E-state index >= 15 is 0 Å². The van der Waals surface area contributed by atoms with Crippen LogP contribution in [-0.4, -0.2) is 73.1 Å². The molecule has 0 spiro atoms. The Morgan fingerprint density at radius 1 is 0.941 bits per heavy atom. The van der Waals surface area contributed by atoms with Gasteiger partial charge in [0.1, 0.15) is 29.0 Å². The minimum absolute atomic E-state index is 0.0501. The molecule has 4 aromatic carbocycles. The number of fused-ring (bicyclic) bond motifs is 9. The monoisotopic (exact) mass is 691 g/mol. The second-order valence-corrected chi connectivity index (χ2v) is 14.0. The van der Waals surface area contributed by atoms with Crippen molar-refractivity contribution in [2.24, 2.45) is 0 Å². The highest BCUT2D eigenvalue weighted by Crippen LogP contribution is 2.57. The number of phenols is 2. The number of H-pyrrole nitrogens is 1. The second kappa shape index (κ2) is 13.4. The predicted molar refractivity (Wildman–Crippen MR) is 195 cm³/mol. The van der Waals surface area contributed by atoms with Crippen molar-refractivity contribution in [2.75, 3.05) is 41.1 Å². The summed E-state index contributed by atoms with van der Waals surface area (Å²) in [5.41, 5.74) is 8.61. The first-order valence-electron chi connectivity index (χ1n) is 17.7. The zero-order valence-electron chi connectivity index (χ0n) is 29.2. The summed E-state index contributed by atoms with van der Waals surface area (Å²) >= 11 is 0. The second-order valence-electron chi connectivity index (χ2n) is 14.0. The molecule has 0 saturated carbocycles. The minimum atomic E-state index is -0.845. The van der Waals surface area contributed by atoms with Crippen molar-refractivity contribution in [1.29, 1.82) is 0 Å². The molecule has 1 aromatic heterocycles. The van der Waals surface area contributed by atoms with E-state index in [4.69, 9.17) is 18.9 Å². The van der Waals surface area contributed by atoms with Gasteiger partial charge < -0.3 is 44.6 Å². The molecule has 10 heteroatoms. The van der Waals surface area contributed by atoms with Crippen LogP contribution in [0.15, 0.2) is 66.9 Å². The molecule has 2 aliphatic heterocycles. The van der Waals surface area contributed by atoms with Gasteiger partial charge in [-0.3, -0.25) is 5.32 Å². The number of aliphatic hydroxyl groups is 1. The fourth-order valence-corrected chi connectivity index (χ4v) is 8.58. The number of hydrogen-bond acceptors (Lipinski definition) is 9. The molecule has 266 valence electrons. The summed E-state index contributed by atoms with van der Waals surface area (Å²) in [6.07, 6.45) is 4.41. The van der Waals surface area contributed by atoms with Crippen LogP contribution in [0.5, 0.6) is 28.7 Å². The summed E-state index contributed by atoms with van der Waals surface area (Å²) in [6, 6.07) is 19.6. The van der Waals surface area contributed by atoms with Gasteiger partial charge in [0.2, 0.25) is 0 Å². The van der Waals surface area contributed by atoms with Crippen LogP contribution < -0.4 is 24.8 Å². The number of phenolic OH excluding ortho intramolecular Hbond substituents is 2. The summed E-state index contributed by atoms with van der Waals surface area (Å²) < 4.78 is 26.2. The Bertz CT molecular complexity index is 2090. The molecule has 5 aromatic rings. The molecule has 6 N–H and O–H groups in total. The van der Waals surface area contributed by atoms with Crippen LogP contribution in [-0.2, 0) is 30.4 Å². The minimum Gasteiger partial charge on any atom is -0.508 e. The number of aromatic amines is 1. The van der Waals surface area contributed by atoms with Crippen molar-refractivity contribution >= 4 is 10.9 Å². The third-order valence-electron chi connectivity index (χ3n) is 10.9. The van der Waals surface area contributed by atoms with Crippen molar-refractivity contribution in [3.8, 4) is 39.9 Å². The average molecular weight is 692 g/mol. The molecule has 4 atom stereocenters. The van der Waals surface area contributed by atoms with E-state index in [9.17, 15) is 15.3 Å². The number of methoxy groups -OCH3 is 1. The highest BCUT2D eigenvalue weighted by atomic mass is 16.6. The number of aliphatic hydroxyl groups excluding tert-OH is 1. The molecule has 51 heavy (non-hydrogen) atoms. The highest BCUT2D eigenvalue weighted by molar-refractivity contribution is 5.85. The van der Waals surface area contributed by atoms with Gasteiger partial charge in [0.05, 0.1) is 20.4 Å². The van der Waals surface area contributed by atoms with Crippen molar-refractivity contribution in [2.45, 2.75) is 55.8 Å². The molecule has 0 radical (unpaired) electrons. The van der Waals surface area contributed by atoms with Crippen LogP contribution >= 0.6 is 0 Å². The Balaban J connectivity index is 1.34. The number of aromatic hydroxyl groups is 2. The van der Waals surface area contributed by atoms with Crippen molar-refractivity contribution < 1.29 is 34.3 Å². The van der Waals surface area contributed by atoms with Gasteiger partial charge in [-0.1, -0.05) is 18.2 Å². The van der Waals surface area contributed by atoms with Crippen LogP contribution in [0, 0.1) is 0 Å². The summed E-state index contributed by atoms with van der Waals surface area (Å²) in [4.78, 5) is 3.30. The van der Waals surface area contributed by atoms with Crippen LogP contribution in [0.2, 0.25) is 0 Å². The quantitative estimate of drug-likeness (QED) is 0.103. The zero-order chi connectivity index (χ0) is 35.3. The van der Waals surface area contributed by atoms with Crippen LogP contribution in [0.4, 0.5) is 0 Å². The lowest BCUT2D eigenvalue weighted by Crippen LogP contribution is -2.54. The lowest BCUT2D eigenvalue weighted by Gasteiger charge is -2.47. The van der Waals surface area contributed by atoms with E-state index in [1.807, 2.05) is 44.6 Å². The molecule has 0 fully saturated rings. The van der Waals surface area contributed by atoms with E-state index in [1.54, 1.807) is 12.1 Å². The first kappa shape index (κ1) is 33.4. The van der Waals surface area contributed by atoms with Gasteiger partial charge in [0, 0.05) is 41.4 Å². The molecule has 0 saturated heterocycles. The Morgan fingerprint density at radius 2 is 1.82 bits per heavy atom. The van der Waals surface area contributed by atoms with Gasteiger partial charge >= 0.3 is 0 Å². The Morgan fingerprint density at radius 3 is 2.63 bits per heavy atom. The Kier molecular flexibility index (Phi) is 8.80. The van der Waals surface area contributed by atoms with Crippen molar-refractivity contribution in [1.82, 2.24) is 15.6 Å². The molecule has 0 amide bonds. The van der Waals surface area contributed by atoms with E-state index in [1.165, 1.54) is 18.1 Å². The number of likely N-dealkylation sites (N-methyl/N-ethyl adjacent to an activating group) is 1. The van der Waals surface area contributed by atoms with Gasteiger partial charge in [-0.25, -0.2) is 0 Å². The number of ether oxygens (including phenoxy) is 4. The number of aromatic nitrogens is 1. The van der Waals surface area contributed by atoms with Gasteiger partial charge in [-0.05, 0) is 121 Å². The summed E-state index contributed by atoms with van der Waals surface area (Å²) in [5.74, 6) is 2.24. The standard InChI is InChI=1S/C41H45N3O7/c1-42-21-41(49-22-43-2)19-33-32-16-26(15-23-4-10-34-24(14-23)12-13-44-34)31-18-27(46)6-8-29(31)37(32)39-30(9-7-28(20-45)50-39)38(33)51-40(41)25-5-11-35(47)36(17-25)48-3/h4-6,8,10-14,17-18,26,28,40,42-47H,7,9,15-16,19-22H2,1-3H3. The smallest absolute Gasteiger partial charge is 0.160 e. The average Bonchev–Trinajstić information content (AvgIpc) is 3.62. The molecular weight excluding hydrogens is 646 g/mol. The van der Waals surface area contributed by atoms with Crippen molar-refractivity contribution in [3.05, 3.63) is 100 Å². The lowest BCUT2D eigenvalue weighted by atomic mass is 9.70. The molecule has 4 unspecified atom stereocenters. The lowest BCUT2D eigenvalue weighted by molar-refractivity contribution is -0.128. The molecule has 1 aliphatic carbocycles. The first-order valence-corrected chi connectivity index (χ1v) is 17.7. The predicted octanol–water partition coefficient (Wildman–Crippen LogP) is 5.65. The zero-order valence-corrected chi connectivity index (χ0v) is 29.2. The Hall–Kier alpha value is -4.74. The topological polar surface area (TPSA) is 137 Å². The normalized spacial score (nSPS) is 21.9. The number of rotatable bonds is 10. The van der Waals surface area contributed by atoms with Crippen LogP contribution in [0.1, 0.15) is 51.8 Å². The van der Waals surface area contributed by atoms with Crippen molar-refractivity contribution in [3.63, 3.8) is 0 Å². The molecule has 8 rings (SSSR count). The van der Waals surface area contributed by atoms with E-state index in [-0.39, 0.29) is 30.1 Å². The van der Waals surface area contributed by atoms with E-state index < -0.39 is 11.7 Å². The molecule has 3 aliphatic rings. The number of nitrogens with one attached hydrogen (secondary N) is 3. The maximum atomic E-state index is 10.8. The van der Waals surface area contributed by atoms with Gasteiger partial charge in [0.15, 0.2) is 17.6 Å². The largest absolute Gasteiger partial charge is 0.508 e. The van der Waals surface area contributed by atoms with Gasteiger partial charge in [0.25, 0.3) is 0 Å². The summed E-state index contributed by atoms with van der Waals surface area (Å²) in [7, 11) is 5.31. The van der Waals surface area contributed by atoms with E-state index in [0.29, 0.717) is 44.7 Å². The molecule has 10 nitrogen and oxygen atoms in total. The number of hydrogen-bond donors (Lipinski definition) is 6. The molecular formula is C41H45N3O7. The maximum absolute atomic E-state index is 10.8. The maximum Gasteiger partial charge on any atom is 0.160 e. The van der Waals surface area contributed by atoms with Crippen LogP contribution in [0.3, 0.4) is 0 Å². The van der Waals surface area contributed by atoms with E-state index in [2.05, 4.69) is 39.9 Å². The van der Waals surface area contributed by atoms with E-state index in [0.717, 1.165) is 62.4 Å². The Labute approximate surface area is 297 Å². The first-order chi connectivity index (χ1) is 24.9. The van der Waals surface area contributed by atoms with Gasteiger partial charge in [-0.2, -0.15) is 0 Å². The third kappa shape index (κ3) is 5.76. The van der Waals surface area contributed by atoms with Crippen LogP contribution in [0.25, 0.3) is 22.0 Å². The molecule has 0 bridgehead atoms. The fraction of sp³-hybridized carbons (Fsp3) is 0.366.